The van der Waals surface area contributed by atoms with Gasteiger partial charge >= 0.3 is 0 Å². The molecule has 0 bridgehead atoms. The van der Waals surface area contributed by atoms with Crippen LogP contribution in [0.4, 0.5) is 0 Å². The number of allylic oxidation sites excluding steroid dienone is 3. The molecule has 0 aromatic carbocycles. The van der Waals surface area contributed by atoms with Crippen LogP contribution in [-0.2, 0) is 0 Å². The van der Waals surface area contributed by atoms with E-state index in [1.54, 1.807) is 0 Å². The molecule has 2 heterocycles. The molecule has 0 aromatic heterocycles. The fraction of sp³-hybridized carbons (Fsp3) is 0.619. The van der Waals surface area contributed by atoms with Crippen molar-refractivity contribution in [1.29, 1.82) is 0 Å². The van der Waals surface area contributed by atoms with E-state index in [0.29, 0.717) is 6.04 Å². The maximum absolute atomic E-state index is 3.89. The van der Waals surface area contributed by atoms with Gasteiger partial charge in [0.05, 0.1) is 0 Å². The monoisotopic (exact) mass is 363 g/mol. The first-order chi connectivity index (χ1) is 12.1. The molecule has 0 aliphatic carbocycles. The molecule has 1 saturated heterocycles. The predicted molar refractivity (Wildman–Crippen MR) is 115 cm³/mol. The third kappa shape index (κ3) is 7.85. The standard InChI is InChI=1S/C19H31N3S.C2H6/c1-5-8-17(15-23-22-10-6-7-11-22)13-19-16(2)20-14-18(19)9-12-21(3)4;1-2/h5,8,13-14,16,20H,1,6-7,9-12,15H2,2-4H3;1-2H3/b17-8+,19-13+;. The summed E-state index contributed by atoms with van der Waals surface area (Å²) in [5.74, 6) is 1.03. The summed E-state index contributed by atoms with van der Waals surface area (Å²) in [5, 5.41) is 3.47. The minimum atomic E-state index is 0.400. The molecule has 25 heavy (non-hydrogen) atoms. The molecule has 2 aliphatic rings. The Morgan fingerprint density at radius 2 is 2.04 bits per heavy atom. The summed E-state index contributed by atoms with van der Waals surface area (Å²) in [6.07, 6.45) is 12.4. The van der Waals surface area contributed by atoms with Gasteiger partial charge in [-0.2, -0.15) is 0 Å². The predicted octanol–water partition coefficient (Wildman–Crippen LogP) is 4.62. The Labute approximate surface area is 160 Å². The van der Waals surface area contributed by atoms with Gasteiger partial charge in [0.15, 0.2) is 0 Å². The van der Waals surface area contributed by atoms with Crippen LogP contribution in [0, 0.1) is 0 Å². The van der Waals surface area contributed by atoms with Crippen LogP contribution in [0.25, 0.3) is 0 Å². The smallest absolute Gasteiger partial charge is 0.0483 e. The molecule has 1 fully saturated rings. The number of rotatable bonds is 8. The molecule has 4 heteroatoms. The van der Waals surface area contributed by atoms with E-state index in [4.69, 9.17) is 0 Å². The lowest BCUT2D eigenvalue weighted by Gasteiger charge is -2.16. The van der Waals surface area contributed by atoms with E-state index in [9.17, 15) is 0 Å². The van der Waals surface area contributed by atoms with Crippen molar-refractivity contribution in [2.45, 2.75) is 46.1 Å². The maximum atomic E-state index is 3.89. The molecule has 1 unspecified atom stereocenters. The van der Waals surface area contributed by atoms with Gasteiger partial charge in [-0.15, -0.1) is 0 Å². The maximum Gasteiger partial charge on any atom is 0.0483 e. The lowest BCUT2D eigenvalue weighted by atomic mass is 9.98. The Hall–Kier alpha value is -0.970. The second-order valence-corrected chi connectivity index (χ2v) is 7.66. The first-order valence-corrected chi connectivity index (χ1v) is 10.6. The molecular weight excluding hydrogens is 326 g/mol. The molecule has 1 N–H and O–H groups in total. The highest BCUT2D eigenvalue weighted by Crippen LogP contribution is 2.27. The fourth-order valence-electron chi connectivity index (χ4n) is 2.93. The summed E-state index contributed by atoms with van der Waals surface area (Å²) in [4.78, 5) is 2.24. The van der Waals surface area contributed by atoms with Crippen molar-refractivity contribution in [3.8, 4) is 0 Å². The zero-order valence-corrected chi connectivity index (χ0v) is 17.7. The molecule has 0 amide bonds. The van der Waals surface area contributed by atoms with E-state index in [2.05, 4.69) is 60.5 Å². The average Bonchev–Trinajstić information content (AvgIpc) is 3.24. The first kappa shape index (κ1) is 22.1. The molecule has 0 spiro atoms. The van der Waals surface area contributed by atoms with Gasteiger partial charge in [0, 0.05) is 37.6 Å². The van der Waals surface area contributed by atoms with Crippen molar-refractivity contribution in [1.82, 2.24) is 14.5 Å². The van der Waals surface area contributed by atoms with Gasteiger partial charge in [0.1, 0.15) is 0 Å². The molecule has 2 rings (SSSR count). The van der Waals surface area contributed by atoms with E-state index < -0.39 is 0 Å². The summed E-state index contributed by atoms with van der Waals surface area (Å²) in [6.45, 7) is 13.7. The number of hydrogen-bond acceptors (Lipinski definition) is 4. The Morgan fingerprint density at radius 3 is 2.64 bits per heavy atom. The fourth-order valence-corrected chi connectivity index (χ4v) is 3.95. The lowest BCUT2D eigenvalue weighted by Crippen LogP contribution is -2.17. The van der Waals surface area contributed by atoms with Gasteiger partial charge in [-0.3, -0.25) is 4.31 Å². The van der Waals surface area contributed by atoms with Crippen molar-refractivity contribution >= 4 is 11.9 Å². The van der Waals surface area contributed by atoms with Crippen molar-refractivity contribution in [2.24, 2.45) is 0 Å². The minimum absolute atomic E-state index is 0.400. The van der Waals surface area contributed by atoms with E-state index in [1.165, 1.54) is 42.7 Å². The van der Waals surface area contributed by atoms with E-state index in [0.717, 1.165) is 18.7 Å². The molecule has 0 saturated carbocycles. The normalized spacial score (nSPS) is 22.6. The molecule has 142 valence electrons. The van der Waals surface area contributed by atoms with Gasteiger partial charge in [0.25, 0.3) is 0 Å². The average molecular weight is 364 g/mol. The Bertz CT molecular complexity index is 485. The van der Waals surface area contributed by atoms with Crippen LogP contribution in [0.1, 0.15) is 40.0 Å². The largest absolute Gasteiger partial charge is 0.384 e. The van der Waals surface area contributed by atoms with Gasteiger partial charge in [-0.25, -0.2) is 0 Å². The highest BCUT2D eigenvalue weighted by Gasteiger charge is 2.19. The van der Waals surface area contributed by atoms with Crippen LogP contribution < -0.4 is 5.32 Å². The second-order valence-electron chi connectivity index (χ2n) is 6.60. The van der Waals surface area contributed by atoms with Crippen LogP contribution in [0.3, 0.4) is 0 Å². The Morgan fingerprint density at radius 1 is 1.36 bits per heavy atom. The zero-order valence-electron chi connectivity index (χ0n) is 16.8. The number of nitrogens with one attached hydrogen (secondary N) is 1. The van der Waals surface area contributed by atoms with Crippen molar-refractivity contribution < 1.29 is 0 Å². The van der Waals surface area contributed by atoms with E-state index in [-0.39, 0.29) is 0 Å². The first-order valence-electron chi connectivity index (χ1n) is 9.61. The summed E-state index contributed by atoms with van der Waals surface area (Å²) in [5.41, 5.74) is 4.23. The molecule has 0 aromatic rings. The number of hydrogen-bond donors (Lipinski definition) is 1. The summed E-state index contributed by atoms with van der Waals surface area (Å²) in [6, 6.07) is 0.400. The third-order valence-electron chi connectivity index (χ3n) is 4.32. The molecule has 3 nitrogen and oxygen atoms in total. The van der Waals surface area contributed by atoms with Crippen LogP contribution in [0.2, 0.25) is 0 Å². The van der Waals surface area contributed by atoms with Crippen LogP contribution in [0.15, 0.2) is 47.7 Å². The Balaban J connectivity index is 0.00000151. The van der Waals surface area contributed by atoms with Gasteiger partial charge in [-0.05, 0) is 57.0 Å². The van der Waals surface area contributed by atoms with Crippen LogP contribution in [0.5, 0.6) is 0 Å². The SMILES string of the molecule is C=C/C=C(\C=C1\C(CCN(C)C)=CNC1C)CSN1CCCC1.CC. The van der Waals surface area contributed by atoms with Crippen molar-refractivity contribution in [3.05, 3.63) is 47.7 Å². The summed E-state index contributed by atoms with van der Waals surface area (Å²) in [7, 11) is 4.26. The topological polar surface area (TPSA) is 18.5 Å². The van der Waals surface area contributed by atoms with Crippen molar-refractivity contribution in [3.63, 3.8) is 0 Å². The molecule has 0 radical (unpaired) electrons. The molecular formula is C21H37N3S. The Kier molecular flexibility index (Phi) is 10.9. The highest BCUT2D eigenvalue weighted by molar-refractivity contribution is 7.97. The lowest BCUT2D eigenvalue weighted by molar-refractivity contribution is 0.414. The quantitative estimate of drug-likeness (QED) is 0.501. The summed E-state index contributed by atoms with van der Waals surface area (Å²) >= 11 is 1.96. The van der Waals surface area contributed by atoms with Gasteiger partial charge in [0.2, 0.25) is 0 Å². The number of nitrogens with zero attached hydrogens (tertiary/aromatic N) is 2. The van der Waals surface area contributed by atoms with E-state index in [1.807, 2.05) is 31.9 Å². The van der Waals surface area contributed by atoms with Crippen LogP contribution >= 0.6 is 11.9 Å². The highest BCUT2D eigenvalue weighted by atomic mass is 32.2. The molecule has 2 aliphatic heterocycles. The zero-order chi connectivity index (χ0) is 18.7. The van der Waals surface area contributed by atoms with E-state index >= 15 is 0 Å². The van der Waals surface area contributed by atoms with Gasteiger partial charge < -0.3 is 10.2 Å². The van der Waals surface area contributed by atoms with Crippen LogP contribution in [-0.4, -0.2) is 54.7 Å². The molecule has 1 atom stereocenters. The van der Waals surface area contributed by atoms with Gasteiger partial charge in [-0.1, -0.05) is 50.6 Å². The minimum Gasteiger partial charge on any atom is -0.384 e. The third-order valence-corrected chi connectivity index (χ3v) is 5.52. The second kappa shape index (κ2) is 12.4. The van der Waals surface area contributed by atoms with Crippen molar-refractivity contribution in [2.75, 3.05) is 39.5 Å². The summed E-state index contributed by atoms with van der Waals surface area (Å²) < 4.78 is 2.49.